The van der Waals surface area contributed by atoms with Gasteiger partial charge in [-0.05, 0) is 48.2 Å². The van der Waals surface area contributed by atoms with E-state index in [0.29, 0.717) is 0 Å². The number of anilines is 1. The topological polar surface area (TPSA) is 3.24 Å². The highest BCUT2D eigenvalue weighted by atomic mass is 15.1. The van der Waals surface area contributed by atoms with Crippen LogP contribution in [-0.4, -0.2) is 0 Å². The monoisotopic (exact) mass is 403 g/mol. The Kier molecular flexibility index (Phi) is 6.64. The molecule has 0 heterocycles. The van der Waals surface area contributed by atoms with Gasteiger partial charge in [-0.3, -0.25) is 0 Å². The molecule has 1 heteroatoms. The van der Waals surface area contributed by atoms with Crippen molar-refractivity contribution >= 4 is 17.8 Å². The molecule has 154 valence electrons. The first-order valence-corrected chi connectivity index (χ1v) is 10.8. The van der Waals surface area contributed by atoms with Gasteiger partial charge in [0.25, 0.3) is 0 Å². The molecule has 0 N–H and O–H groups in total. The zero-order valence-corrected chi connectivity index (χ0v) is 18.3. The average molecular weight is 404 g/mol. The third-order valence-electron chi connectivity index (χ3n) is 5.51. The molecule has 0 aliphatic rings. The predicted molar refractivity (Wildman–Crippen MR) is 134 cm³/mol. The van der Waals surface area contributed by atoms with Gasteiger partial charge in [0.05, 0.1) is 0 Å². The van der Waals surface area contributed by atoms with Crippen molar-refractivity contribution in [2.24, 2.45) is 0 Å². The van der Waals surface area contributed by atoms with Gasteiger partial charge in [-0.1, -0.05) is 114 Å². The molecule has 4 aromatic carbocycles. The number of nitrogens with zero attached hydrogens (tertiary/aromatic N) is 1. The lowest BCUT2D eigenvalue weighted by Crippen LogP contribution is -2.22. The predicted octanol–water partition coefficient (Wildman–Crippen LogP) is 7.68. The Balaban J connectivity index is 1.55. The van der Waals surface area contributed by atoms with Crippen LogP contribution >= 0.6 is 0 Å². The number of benzene rings is 4. The van der Waals surface area contributed by atoms with Gasteiger partial charge in [0.1, 0.15) is 0 Å². The molecule has 0 aromatic heterocycles. The minimum Gasteiger partial charge on any atom is -0.363 e. The molecule has 1 nitrogen and oxygen atoms in total. The standard InChI is InChI=1S/C30H29N/c1-24-8-12-28(13-9-24)22-31(23-29-14-10-25(2)11-15-29)30-20-18-27(19-21-30)17-16-26-6-4-3-5-7-26/h3-21H,22-23H2,1-2H3. The molecule has 0 radical (unpaired) electrons. The van der Waals surface area contributed by atoms with E-state index in [1.54, 1.807) is 0 Å². The third kappa shape index (κ3) is 5.96. The van der Waals surface area contributed by atoms with E-state index in [0.717, 1.165) is 13.1 Å². The van der Waals surface area contributed by atoms with Crippen molar-refractivity contribution in [3.8, 4) is 0 Å². The second-order valence-electron chi connectivity index (χ2n) is 8.16. The molecule has 0 amide bonds. The molecule has 0 spiro atoms. The summed E-state index contributed by atoms with van der Waals surface area (Å²) in [5.41, 5.74) is 8.89. The zero-order chi connectivity index (χ0) is 21.5. The van der Waals surface area contributed by atoms with Gasteiger partial charge in [-0.15, -0.1) is 0 Å². The van der Waals surface area contributed by atoms with Crippen LogP contribution in [0.4, 0.5) is 5.69 Å². The van der Waals surface area contributed by atoms with Crippen LogP contribution in [0, 0.1) is 13.8 Å². The zero-order valence-electron chi connectivity index (χ0n) is 18.3. The molecule has 0 saturated heterocycles. The molecule has 0 atom stereocenters. The summed E-state index contributed by atoms with van der Waals surface area (Å²) in [5.74, 6) is 0. The van der Waals surface area contributed by atoms with Gasteiger partial charge in [0.2, 0.25) is 0 Å². The summed E-state index contributed by atoms with van der Waals surface area (Å²) in [5, 5.41) is 0. The minimum absolute atomic E-state index is 0.882. The molecule has 0 unspecified atom stereocenters. The molecule has 31 heavy (non-hydrogen) atoms. The first-order valence-electron chi connectivity index (χ1n) is 10.8. The molecule has 4 rings (SSSR count). The summed E-state index contributed by atoms with van der Waals surface area (Å²) < 4.78 is 0. The van der Waals surface area contributed by atoms with Crippen LogP contribution in [0.2, 0.25) is 0 Å². The van der Waals surface area contributed by atoms with Crippen molar-refractivity contribution in [2.75, 3.05) is 4.90 Å². The Hall–Kier alpha value is -3.58. The Morgan fingerprint density at radius 2 is 0.968 bits per heavy atom. The highest BCUT2D eigenvalue weighted by Gasteiger charge is 2.09. The molecular weight excluding hydrogens is 374 g/mol. The van der Waals surface area contributed by atoms with E-state index in [-0.39, 0.29) is 0 Å². The normalized spacial score (nSPS) is 11.0. The van der Waals surface area contributed by atoms with E-state index >= 15 is 0 Å². The fourth-order valence-corrected chi connectivity index (χ4v) is 3.62. The highest BCUT2D eigenvalue weighted by molar-refractivity contribution is 5.70. The van der Waals surface area contributed by atoms with Crippen LogP contribution in [0.15, 0.2) is 103 Å². The summed E-state index contributed by atoms with van der Waals surface area (Å²) in [6.45, 7) is 6.03. The largest absolute Gasteiger partial charge is 0.363 e. The summed E-state index contributed by atoms with van der Waals surface area (Å²) >= 11 is 0. The molecular formula is C30H29N. The van der Waals surface area contributed by atoms with Crippen LogP contribution in [0.1, 0.15) is 33.4 Å². The number of rotatable bonds is 7. The summed E-state index contributed by atoms with van der Waals surface area (Å²) in [7, 11) is 0. The highest BCUT2D eigenvalue weighted by Crippen LogP contribution is 2.22. The van der Waals surface area contributed by atoms with Crippen LogP contribution < -0.4 is 4.90 Å². The van der Waals surface area contributed by atoms with Crippen molar-refractivity contribution in [3.63, 3.8) is 0 Å². The Bertz CT molecular complexity index is 1060. The fourth-order valence-electron chi connectivity index (χ4n) is 3.62. The first-order chi connectivity index (χ1) is 15.2. The summed E-state index contributed by atoms with van der Waals surface area (Å²) in [6.07, 6.45) is 4.33. The quantitative estimate of drug-likeness (QED) is 0.286. The summed E-state index contributed by atoms with van der Waals surface area (Å²) in [4.78, 5) is 2.44. The van der Waals surface area contributed by atoms with Gasteiger partial charge >= 0.3 is 0 Å². The van der Waals surface area contributed by atoms with E-state index in [1.807, 2.05) is 6.07 Å². The average Bonchev–Trinajstić information content (AvgIpc) is 2.81. The molecule has 0 aliphatic carbocycles. The number of hydrogen-bond acceptors (Lipinski definition) is 1. The van der Waals surface area contributed by atoms with Crippen LogP contribution in [0.5, 0.6) is 0 Å². The van der Waals surface area contributed by atoms with Gasteiger partial charge in [0.15, 0.2) is 0 Å². The Morgan fingerprint density at radius 3 is 1.45 bits per heavy atom. The van der Waals surface area contributed by atoms with Crippen molar-refractivity contribution < 1.29 is 0 Å². The van der Waals surface area contributed by atoms with E-state index in [2.05, 4.69) is 128 Å². The van der Waals surface area contributed by atoms with Gasteiger partial charge in [-0.2, -0.15) is 0 Å². The van der Waals surface area contributed by atoms with Crippen LogP contribution in [0.3, 0.4) is 0 Å². The molecule has 0 saturated carbocycles. The maximum atomic E-state index is 2.44. The minimum atomic E-state index is 0.882. The maximum absolute atomic E-state index is 2.44. The van der Waals surface area contributed by atoms with Crippen molar-refractivity contribution in [3.05, 3.63) is 137 Å². The second-order valence-corrected chi connectivity index (χ2v) is 8.16. The molecule has 0 fully saturated rings. The molecule has 0 bridgehead atoms. The van der Waals surface area contributed by atoms with Gasteiger partial charge in [0, 0.05) is 18.8 Å². The smallest absolute Gasteiger partial charge is 0.0433 e. The van der Waals surface area contributed by atoms with Crippen LogP contribution in [0.25, 0.3) is 12.2 Å². The van der Waals surface area contributed by atoms with E-state index in [9.17, 15) is 0 Å². The number of hydrogen-bond donors (Lipinski definition) is 0. The summed E-state index contributed by atoms with van der Waals surface area (Å²) in [6, 6.07) is 37.0. The van der Waals surface area contributed by atoms with Crippen LogP contribution in [-0.2, 0) is 13.1 Å². The maximum Gasteiger partial charge on any atom is 0.0433 e. The SMILES string of the molecule is Cc1ccc(CN(Cc2ccc(C)cc2)c2ccc(C=Cc3ccccc3)cc2)cc1. The van der Waals surface area contributed by atoms with E-state index in [1.165, 1.54) is 39.1 Å². The fraction of sp³-hybridized carbons (Fsp3) is 0.133. The van der Waals surface area contributed by atoms with E-state index < -0.39 is 0 Å². The lowest BCUT2D eigenvalue weighted by molar-refractivity contribution is 0.799. The van der Waals surface area contributed by atoms with Crippen molar-refractivity contribution in [1.29, 1.82) is 0 Å². The molecule has 0 aliphatic heterocycles. The third-order valence-corrected chi connectivity index (χ3v) is 5.51. The van der Waals surface area contributed by atoms with Gasteiger partial charge < -0.3 is 4.90 Å². The van der Waals surface area contributed by atoms with Gasteiger partial charge in [-0.25, -0.2) is 0 Å². The van der Waals surface area contributed by atoms with Crippen molar-refractivity contribution in [1.82, 2.24) is 0 Å². The lowest BCUT2D eigenvalue weighted by atomic mass is 10.1. The number of aryl methyl sites for hydroxylation is 2. The van der Waals surface area contributed by atoms with E-state index in [4.69, 9.17) is 0 Å². The van der Waals surface area contributed by atoms with Crippen molar-refractivity contribution in [2.45, 2.75) is 26.9 Å². The Labute approximate surface area is 186 Å². The second kappa shape index (κ2) is 9.95. The first kappa shape index (κ1) is 20.7. The lowest BCUT2D eigenvalue weighted by Gasteiger charge is -2.25. The Morgan fingerprint density at radius 1 is 0.516 bits per heavy atom. The molecule has 4 aromatic rings.